The van der Waals surface area contributed by atoms with Crippen molar-refractivity contribution >= 4 is 0 Å². The Morgan fingerprint density at radius 2 is 1.68 bits per heavy atom. The van der Waals surface area contributed by atoms with Crippen molar-refractivity contribution in [3.8, 4) is 11.8 Å². The van der Waals surface area contributed by atoms with Gasteiger partial charge in [0.2, 0.25) is 0 Å². The van der Waals surface area contributed by atoms with Gasteiger partial charge in [-0.3, -0.25) is 0 Å². The van der Waals surface area contributed by atoms with Crippen LogP contribution in [0.25, 0.3) is 0 Å². The minimum absolute atomic E-state index is 0.0338. The van der Waals surface area contributed by atoms with Crippen LogP contribution < -0.4 is 4.74 Å². The first-order valence-corrected chi connectivity index (χ1v) is 9.86. The largest absolute Gasteiger partial charge is 0.429 e. The molecule has 0 aromatic heterocycles. The Balaban J connectivity index is 1.63. The maximum Gasteiger partial charge on any atom is 0.426 e. The van der Waals surface area contributed by atoms with E-state index in [0.29, 0.717) is 17.4 Å². The second-order valence-electron chi connectivity index (χ2n) is 7.33. The summed E-state index contributed by atoms with van der Waals surface area (Å²) in [6, 6.07) is 14.2. The molecule has 0 saturated heterocycles. The summed E-state index contributed by atoms with van der Waals surface area (Å²) in [5, 5.41) is 8.78. The first kappa shape index (κ1) is 20.1. The van der Waals surface area contributed by atoms with Gasteiger partial charge in [0.1, 0.15) is 5.75 Å². The van der Waals surface area contributed by atoms with Crippen LogP contribution in [-0.2, 0) is 6.11 Å². The number of rotatable bonds is 6. The van der Waals surface area contributed by atoms with Crippen LogP contribution >= 0.6 is 0 Å². The molecule has 4 heteroatoms. The van der Waals surface area contributed by atoms with Crippen LogP contribution in [0, 0.1) is 17.2 Å². The summed E-state index contributed by atoms with van der Waals surface area (Å²) in [5.74, 6) is 1.13. The number of halogens is 2. The fourth-order valence-electron chi connectivity index (χ4n) is 3.73. The van der Waals surface area contributed by atoms with Gasteiger partial charge in [0.05, 0.1) is 17.2 Å². The molecule has 2 aromatic carbocycles. The number of nitriles is 1. The number of nitrogens with zero attached hydrogens (tertiary/aromatic N) is 1. The molecule has 0 spiro atoms. The molecule has 146 valence electrons. The minimum atomic E-state index is -3.42. The topological polar surface area (TPSA) is 33.0 Å². The van der Waals surface area contributed by atoms with Crippen molar-refractivity contribution in [2.75, 3.05) is 0 Å². The number of hydrogen-bond acceptors (Lipinski definition) is 2. The first-order valence-electron chi connectivity index (χ1n) is 9.86. The summed E-state index contributed by atoms with van der Waals surface area (Å²) in [6.45, 7) is 2.14. The molecule has 1 fully saturated rings. The Labute approximate surface area is 165 Å². The fourth-order valence-corrected chi connectivity index (χ4v) is 3.73. The zero-order valence-electron chi connectivity index (χ0n) is 16.1. The van der Waals surface area contributed by atoms with E-state index in [2.05, 4.69) is 19.1 Å². The van der Waals surface area contributed by atoms with Crippen LogP contribution in [0.2, 0.25) is 0 Å². The molecule has 0 radical (unpaired) electrons. The highest BCUT2D eigenvalue weighted by atomic mass is 19.3. The lowest BCUT2D eigenvalue weighted by atomic mass is 9.78. The monoisotopic (exact) mass is 381 g/mol. The molecule has 0 N–H and O–H groups in total. The maximum atomic E-state index is 14.5. The summed E-state index contributed by atoms with van der Waals surface area (Å²) < 4.78 is 33.8. The van der Waals surface area contributed by atoms with Gasteiger partial charge in [-0.1, -0.05) is 31.2 Å². The van der Waals surface area contributed by atoms with Gasteiger partial charge in [0.25, 0.3) is 0 Å². The molecule has 3 rings (SSSR count). The van der Waals surface area contributed by atoms with E-state index >= 15 is 0 Å². The van der Waals surface area contributed by atoms with Crippen LogP contribution in [0.3, 0.4) is 0 Å². The number of hydrogen-bond donors (Lipinski definition) is 0. The van der Waals surface area contributed by atoms with Crippen LogP contribution in [0.4, 0.5) is 8.78 Å². The molecule has 28 heavy (non-hydrogen) atoms. The van der Waals surface area contributed by atoms with Gasteiger partial charge in [0.15, 0.2) is 0 Å². The van der Waals surface area contributed by atoms with E-state index in [-0.39, 0.29) is 11.3 Å². The summed E-state index contributed by atoms with van der Waals surface area (Å²) >= 11 is 0. The van der Waals surface area contributed by atoms with Gasteiger partial charge in [-0.15, -0.1) is 0 Å². The Bertz CT molecular complexity index is 826. The summed E-state index contributed by atoms with van der Waals surface area (Å²) in [4.78, 5) is 0. The Morgan fingerprint density at radius 1 is 1.04 bits per heavy atom. The molecule has 2 nitrogen and oxygen atoms in total. The molecule has 0 bridgehead atoms. The normalized spacial score (nSPS) is 20.1. The molecule has 1 aliphatic rings. The van der Waals surface area contributed by atoms with Gasteiger partial charge in [0, 0.05) is 0 Å². The van der Waals surface area contributed by atoms with Crippen LogP contribution in [0.1, 0.15) is 61.6 Å². The summed E-state index contributed by atoms with van der Waals surface area (Å²) in [7, 11) is 0. The minimum Gasteiger partial charge on any atom is -0.429 e. The molecule has 0 heterocycles. The van der Waals surface area contributed by atoms with E-state index in [1.165, 1.54) is 36.4 Å². The average Bonchev–Trinajstić information content (AvgIpc) is 2.73. The van der Waals surface area contributed by atoms with E-state index in [1.807, 2.05) is 6.07 Å². The molecule has 0 aliphatic heterocycles. The molecule has 1 aliphatic carbocycles. The van der Waals surface area contributed by atoms with Crippen molar-refractivity contribution in [3.63, 3.8) is 0 Å². The van der Waals surface area contributed by atoms with Gasteiger partial charge in [-0.25, -0.2) is 0 Å². The first-order chi connectivity index (χ1) is 13.5. The van der Waals surface area contributed by atoms with Crippen molar-refractivity contribution in [1.82, 2.24) is 0 Å². The highest BCUT2D eigenvalue weighted by Crippen LogP contribution is 2.38. The second-order valence-corrected chi connectivity index (χ2v) is 7.33. The Kier molecular flexibility index (Phi) is 6.46. The van der Waals surface area contributed by atoms with Crippen LogP contribution in [-0.4, -0.2) is 0 Å². The molecule has 1 saturated carbocycles. The maximum absolute atomic E-state index is 14.5. The lowest BCUT2D eigenvalue weighted by Gasteiger charge is -2.27. The van der Waals surface area contributed by atoms with E-state index in [1.54, 1.807) is 12.1 Å². The average molecular weight is 381 g/mol. The van der Waals surface area contributed by atoms with E-state index in [0.717, 1.165) is 37.7 Å². The molecule has 0 amide bonds. The molecule has 2 aromatic rings. The number of alkyl halides is 2. The second kappa shape index (κ2) is 9.01. The number of allylic oxidation sites excluding steroid dienone is 2. The zero-order chi connectivity index (χ0) is 20.0. The molecule has 0 unspecified atom stereocenters. The highest BCUT2D eigenvalue weighted by Gasteiger charge is 2.34. The third kappa shape index (κ3) is 4.98. The van der Waals surface area contributed by atoms with Gasteiger partial charge < -0.3 is 4.74 Å². The Hall–Kier alpha value is -2.67. The third-order valence-corrected chi connectivity index (χ3v) is 5.36. The van der Waals surface area contributed by atoms with Gasteiger partial charge in [-0.2, -0.15) is 14.0 Å². The van der Waals surface area contributed by atoms with E-state index in [9.17, 15) is 8.78 Å². The molecular formula is C24H25F2NO. The zero-order valence-corrected chi connectivity index (χ0v) is 16.1. The Morgan fingerprint density at radius 3 is 2.25 bits per heavy atom. The van der Waals surface area contributed by atoms with Crippen molar-refractivity contribution in [2.24, 2.45) is 5.92 Å². The van der Waals surface area contributed by atoms with Gasteiger partial charge in [-0.05, 0) is 85.9 Å². The lowest BCUT2D eigenvalue weighted by molar-refractivity contribution is -0.185. The fraction of sp³-hybridized carbons (Fsp3) is 0.375. The summed E-state index contributed by atoms with van der Waals surface area (Å²) in [6.07, 6.45) is 6.69. The van der Waals surface area contributed by atoms with E-state index < -0.39 is 6.11 Å². The van der Waals surface area contributed by atoms with Crippen molar-refractivity contribution in [1.29, 1.82) is 5.26 Å². The van der Waals surface area contributed by atoms with Crippen molar-refractivity contribution in [3.05, 3.63) is 77.4 Å². The quantitative estimate of drug-likeness (QED) is 0.508. The number of ether oxygens (including phenoxy) is 1. The SMILES string of the molecule is CC/C=C\C1CCC(c2ccc(C(F)(F)Oc3ccc(C#N)cc3)cc2)CC1. The van der Waals surface area contributed by atoms with E-state index in [4.69, 9.17) is 10.00 Å². The van der Waals surface area contributed by atoms with Crippen LogP contribution in [0.5, 0.6) is 5.75 Å². The smallest absolute Gasteiger partial charge is 0.426 e. The predicted octanol–water partition coefficient (Wildman–Crippen LogP) is 6.93. The van der Waals surface area contributed by atoms with Crippen LogP contribution in [0.15, 0.2) is 60.7 Å². The predicted molar refractivity (Wildman–Crippen MR) is 106 cm³/mol. The third-order valence-electron chi connectivity index (χ3n) is 5.36. The number of benzene rings is 2. The standard InChI is InChI=1S/C24H25F2NO/c1-2-3-4-18-5-9-20(10-6-18)21-11-13-22(14-12-21)24(25,26)28-23-15-7-19(17-27)8-16-23/h3-4,7-8,11-16,18,20H,2,5-6,9-10H2,1H3/b4-3-. The lowest BCUT2D eigenvalue weighted by Crippen LogP contribution is -2.22. The van der Waals surface area contributed by atoms with Crippen molar-refractivity contribution < 1.29 is 13.5 Å². The molecular weight excluding hydrogens is 356 g/mol. The van der Waals surface area contributed by atoms with Crippen molar-refractivity contribution in [2.45, 2.75) is 51.1 Å². The molecule has 0 atom stereocenters. The highest BCUT2D eigenvalue weighted by molar-refractivity contribution is 5.35. The van der Waals surface area contributed by atoms with Gasteiger partial charge >= 0.3 is 6.11 Å². The summed E-state index contributed by atoms with van der Waals surface area (Å²) in [5.41, 5.74) is 1.36.